The number of hydrogen-bond donors (Lipinski definition) is 5. The van der Waals surface area contributed by atoms with Gasteiger partial charge in [0.2, 0.25) is 39.6 Å². The molecule has 5 N–H and O–H groups in total. The van der Waals surface area contributed by atoms with Gasteiger partial charge >= 0.3 is 0 Å². The summed E-state index contributed by atoms with van der Waals surface area (Å²) < 4.78 is 30.9. The number of amides is 7. The van der Waals surface area contributed by atoms with Gasteiger partial charge in [0.15, 0.2) is 0 Å². The van der Waals surface area contributed by atoms with Gasteiger partial charge in [0.1, 0.15) is 17.3 Å². The molecule has 2 aromatic carbocycles. The number of rotatable bonds is 13. The van der Waals surface area contributed by atoms with E-state index in [0.717, 1.165) is 54.7 Å². The van der Waals surface area contributed by atoms with Crippen molar-refractivity contribution in [2.45, 2.75) is 74.5 Å². The molecule has 0 spiro atoms. The molecule has 6 unspecified atom stereocenters. The fraction of sp³-hybridized carbons (Fsp3) is 0.558. The number of hydrogen-bond acceptors (Lipinski definition) is 13. The van der Waals surface area contributed by atoms with Crippen molar-refractivity contribution in [3.8, 4) is 5.75 Å². The highest BCUT2D eigenvalue weighted by molar-refractivity contribution is 8.00. The van der Waals surface area contributed by atoms with Gasteiger partial charge in [0.25, 0.3) is 11.8 Å². The maximum atomic E-state index is 14.0. The van der Waals surface area contributed by atoms with Crippen LogP contribution in [0.4, 0.5) is 0 Å². The summed E-state index contributed by atoms with van der Waals surface area (Å²) in [6.07, 6.45) is 5.16. The Hall–Kier alpha value is -4.89. The summed E-state index contributed by atoms with van der Waals surface area (Å²) >= 11 is 1.58. The lowest BCUT2D eigenvalue weighted by molar-refractivity contribution is -0.146. The fourth-order valence-corrected chi connectivity index (χ4v) is 12.0. The number of imide groups is 2. The molecule has 18 nitrogen and oxygen atoms in total. The summed E-state index contributed by atoms with van der Waals surface area (Å²) in [4.78, 5) is 92.5. The van der Waals surface area contributed by atoms with Gasteiger partial charge in [-0.05, 0) is 80.3 Å². The zero-order valence-electron chi connectivity index (χ0n) is 34.9. The number of ether oxygens (including phenoxy) is 1. The lowest BCUT2D eigenvalue weighted by Crippen LogP contribution is -2.58. The van der Waals surface area contributed by atoms with Crippen LogP contribution in [-0.4, -0.2) is 139 Å². The predicted molar refractivity (Wildman–Crippen MR) is 228 cm³/mol. The topological polar surface area (TPSA) is 233 Å². The standard InChI is InChI=1S/C43H52N8O10S2/c1-63(59,60)50-14-10-28(21-50)37(54)45-18-36(53)48-42-46-32(23-62-42)27-4-2-3-25(15-27)26-9-13-44-34(16-26)43(11-12-43)41(58)49-19-24(20-49)22-61-29-5-6-30-31(17-29)40(57)51(39(30)56)33-7-8-35(52)47-38(33)55/h2-6,15,17,24,26,28,32-34,42,44,46H,7-14,16,18-23H2,1H3,(H,45,54)(H,48,53)(H,47,52,55). The van der Waals surface area contributed by atoms with Crippen LogP contribution >= 0.6 is 11.8 Å². The number of fused-ring (bicyclic) bond motifs is 1. The van der Waals surface area contributed by atoms with Crippen LogP contribution in [0.1, 0.15) is 88.7 Å². The second-order valence-corrected chi connectivity index (χ2v) is 21.0. The number of sulfonamides is 1. The highest BCUT2D eigenvalue weighted by Crippen LogP contribution is 2.54. The highest BCUT2D eigenvalue weighted by Gasteiger charge is 2.59. The number of piperidine rings is 2. The van der Waals surface area contributed by atoms with E-state index >= 15 is 0 Å². The van der Waals surface area contributed by atoms with Crippen molar-refractivity contribution in [1.29, 1.82) is 0 Å². The van der Waals surface area contributed by atoms with Crippen LogP contribution < -0.4 is 31.3 Å². The normalized spacial score (nSPS) is 28.3. The van der Waals surface area contributed by atoms with E-state index in [0.29, 0.717) is 38.4 Å². The average molecular weight is 905 g/mol. The first-order valence-corrected chi connectivity index (χ1v) is 24.6. The van der Waals surface area contributed by atoms with Crippen LogP contribution in [0.15, 0.2) is 42.5 Å². The predicted octanol–water partition coefficient (Wildman–Crippen LogP) is 0.416. The van der Waals surface area contributed by atoms with Crippen molar-refractivity contribution in [2.24, 2.45) is 17.3 Å². The van der Waals surface area contributed by atoms with E-state index in [4.69, 9.17) is 4.74 Å². The van der Waals surface area contributed by atoms with Gasteiger partial charge in [-0.3, -0.25) is 49.1 Å². The SMILES string of the molecule is CS(=O)(=O)N1CCC(C(=O)NCC(=O)NC2NC(c3cccc(C4CCNC(C5(C(=O)N6CC(COc7ccc8c(c7)C(=O)N(C7CCC(=O)NC7=O)C8=O)C6)CC5)C4)c3)CS2)C1. The van der Waals surface area contributed by atoms with Crippen LogP contribution in [0.2, 0.25) is 0 Å². The molecule has 63 heavy (non-hydrogen) atoms. The van der Waals surface area contributed by atoms with Crippen LogP contribution in [0, 0.1) is 17.3 Å². The van der Waals surface area contributed by atoms with Crippen LogP contribution in [0.5, 0.6) is 5.75 Å². The third-order valence-corrected chi connectivity index (χ3v) is 16.1. The van der Waals surface area contributed by atoms with Crippen LogP contribution in [0.25, 0.3) is 0 Å². The molecule has 0 radical (unpaired) electrons. The Balaban J connectivity index is 0.726. The van der Waals surface area contributed by atoms with Crippen molar-refractivity contribution in [3.63, 3.8) is 0 Å². The van der Waals surface area contributed by atoms with Gasteiger partial charge < -0.3 is 25.6 Å². The first-order valence-electron chi connectivity index (χ1n) is 21.7. The number of likely N-dealkylation sites (tertiary alicyclic amines) is 1. The molecular weight excluding hydrogens is 853 g/mol. The summed E-state index contributed by atoms with van der Waals surface area (Å²) in [7, 11) is -3.36. The quantitative estimate of drug-likeness (QED) is 0.172. The Kier molecular flexibility index (Phi) is 11.9. The Bertz CT molecular complexity index is 2350. The Morgan fingerprint density at radius 3 is 2.48 bits per heavy atom. The summed E-state index contributed by atoms with van der Waals surface area (Å²) in [6, 6.07) is 12.3. The zero-order chi connectivity index (χ0) is 44.2. The molecule has 5 saturated heterocycles. The number of carbonyl (C=O) groups is 7. The van der Waals surface area contributed by atoms with Gasteiger partial charge in [-0.25, -0.2) is 12.7 Å². The molecule has 7 amide bonds. The largest absolute Gasteiger partial charge is 0.493 e. The third-order valence-electron chi connectivity index (χ3n) is 13.7. The van der Waals surface area contributed by atoms with E-state index in [1.807, 2.05) is 4.90 Å². The number of carbonyl (C=O) groups excluding carboxylic acids is 7. The van der Waals surface area contributed by atoms with Gasteiger partial charge in [0.05, 0.1) is 41.9 Å². The van der Waals surface area contributed by atoms with E-state index in [1.165, 1.54) is 22.0 Å². The minimum Gasteiger partial charge on any atom is -0.493 e. The summed E-state index contributed by atoms with van der Waals surface area (Å²) in [6.45, 7) is 2.51. The molecule has 6 aliphatic heterocycles. The first kappa shape index (κ1) is 43.4. The van der Waals surface area contributed by atoms with Gasteiger partial charge in [-0.2, -0.15) is 0 Å². The van der Waals surface area contributed by atoms with E-state index < -0.39 is 51.0 Å². The molecule has 1 saturated carbocycles. The molecule has 336 valence electrons. The fourth-order valence-electron chi connectivity index (χ4n) is 9.93. The molecule has 20 heteroatoms. The second-order valence-electron chi connectivity index (χ2n) is 17.9. The zero-order valence-corrected chi connectivity index (χ0v) is 36.6. The molecule has 0 bridgehead atoms. The minimum atomic E-state index is -3.36. The number of benzene rings is 2. The maximum absolute atomic E-state index is 14.0. The van der Waals surface area contributed by atoms with Gasteiger partial charge in [-0.1, -0.05) is 24.3 Å². The van der Waals surface area contributed by atoms with Crippen molar-refractivity contribution in [3.05, 3.63) is 64.7 Å². The number of thioether (sulfide) groups is 1. The minimum absolute atomic E-state index is 0.0113. The van der Waals surface area contributed by atoms with Gasteiger partial charge in [-0.15, -0.1) is 11.8 Å². The molecular formula is C43H52N8O10S2. The molecule has 6 heterocycles. The van der Waals surface area contributed by atoms with E-state index in [-0.39, 0.29) is 84.2 Å². The third kappa shape index (κ3) is 8.84. The number of nitrogens with one attached hydrogen (secondary N) is 5. The van der Waals surface area contributed by atoms with Crippen molar-refractivity contribution in [2.75, 3.05) is 57.9 Å². The van der Waals surface area contributed by atoms with Crippen molar-refractivity contribution >= 4 is 63.1 Å². The van der Waals surface area contributed by atoms with E-state index in [9.17, 15) is 42.0 Å². The maximum Gasteiger partial charge on any atom is 0.262 e. The Morgan fingerprint density at radius 2 is 1.73 bits per heavy atom. The van der Waals surface area contributed by atoms with Crippen molar-refractivity contribution in [1.82, 2.24) is 40.7 Å². The van der Waals surface area contributed by atoms with Crippen molar-refractivity contribution < 1.29 is 46.7 Å². The molecule has 9 rings (SSSR count). The molecule has 1 aliphatic carbocycles. The average Bonchev–Trinajstić information content (AvgIpc) is 3.53. The molecule has 2 aromatic rings. The lowest BCUT2D eigenvalue weighted by Gasteiger charge is -2.44. The van der Waals surface area contributed by atoms with E-state index in [1.54, 1.807) is 17.8 Å². The molecule has 0 aromatic heterocycles. The second kappa shape index (κ2) is 17.2. The Labute approximate surface area is 369 Å². The van der Waals surface area contributed by atoms with Crippen LogP contribution in [-0.2, 0) is 34.0 Å². The van der Waals surface area contributed by atoms with Crippen LogP contribution in [0.3, 0.4) is 0 Å². The smallest absolute Gasteiger partial charge is 0.262 e. The first-order chi connectivity index (χ1) is 30.2. The summed E-state index contributed by atoms with van der Waals surface area (Å²) in [5.74, 6) is -1.65. The molecule has 6 atom stereocenters. The lowest BCUT2D eigenvalue weighted by atomic mass is 9.78. The number of nitrogens with zero attached hydrogens (tertiary/aromatic N) is 3. The Morgan fingerprint density at radius 1 is 0.952 bits per heavy atom. The summed E-state index contributed by atoms with van der Waals surface area (Å²) in [5.41, 5.74) is 1.94. The van der Waals surface area contributed by atoms with E-state index in [2.05, 4.69) is 50.8 Å². The highest BCUT2D eigenvalue weighted by atomic mass is 32.2. The molecule has 7 aliphatic rings. The monoisotopic (exact) mass is 904 g/mol. The summed E-state index contributed by atoms with van der Waals surface area (Å²) in [5, 5.41) is 15.0. The molecule has 6 fully saturated rings. The van der Waals surface area contributed by atoms with Gasteiger partial charge in [0, 0.05) is 56.4 Å².